The van der Waals surface area contributed by atoms with E-state index in [0.717, 1.165) is 17.1 Å². The summed E-state index contributed by atoms with van der Waals surface area (Å²) in [5.41, 5.74) is 5.28. The number of aromatic amines is 1. The maximum Gasteiger partial charge on any atom is 0.0489 e. The van der Waals surface area contributed by atoms with E-state index < -0.39 is 0 Å². The first kappa shape index (κ1) is 11.3. The maximum absolute atomic E-state index is 3.60. The summed E-state index contributed by atoms with van der Waals surface area (Å²) in [7, 11) is 0. The number of H-pyrrole nitrogens is 1. The molecule has 1 saturated carbocycles. The molecule has 90 valence electrons. The highest BCUT2D eigenvalue weighted by molar-refractivity contribution is 9.10. The fourth-order valence-electron chi connectivity index (χ4n) is 2.37. The number of fused-ring (bicyclic) bond motifs is 1. The van der Waals surface area contributed by atoms with Gasteiger partial charge in [-0.05, 0) is 49.9 Å². The van der Waals surface area contributed by atoms with Crippen molar-refractivity contribution in [3.8, 4) is 0 Å². The van der Waals surface area contributed by atoms with E-state index in [9.17, 15) is 0 Å². The SMILES string of the molecule is Cc1[nH]c2c(C)cc(Br)cc2c1CNC1CC1. The van der Waals surface area contributed by atoms with Crippen LogP contribution in [0.4, 0.5) is 0 Å². The molecule has 3 rings (SSSR count). The van der Waals surface area contributed by atoms with E-state index in [1.165, 1.54) is 40.6 Å². The van der Waals surface area contributed by atoms with Gasteiger partial charge in [-0.2, -0.15) is 0 Å². The summed E-state index contributed by atoms with van der Waals surface area (Å²) in [6.45, 7) is 5.30. The Morgan fingerprint density at radius 3 is 2.82 bits per heavy atom. The predicted molar refractivity (Wildman–Crippen MR) is 75.3 cm³/mol. The summed E-state index contributed by atoms with van der Waals surface area (Å²) in [6, 6.07) is 5.14. The molecule has 0 spiro atoms. The molecule has 2 nitrogen and oxygen atoms in total. The summed E-state index contributed by atoms with van der Waals surface area (Å²) in [5, 5.41) is 4.95. The molecule has 1 aliphatic rings. The number of hydrogen-bond donors (Lipinski definition) is 2. The van der Waals surface area contributed by atoms with E-state index in [-0.39, 0.29) is 0 Å². The second-order valence-corrected chi connectivity index (χ2v) is 5.94. The van der Waals surface area contributed by atoms with Gasteiger partial charge in [0, 0.05) is 33.7 Å². The monoisotopic (exact) mass is 292 g/mol. The van der Waals surface area contributed by atoms with Crippen LogP contribution in [-0.2, 0) is 6.54 Å². The highest BCUT2D eigenvalue weighted by Gasteiger charge is 2.21. The van der Waals surface area contributed by atoms with Gasteiger partial charge in [-0.15, -0.1) is 0 Å². The molecule has 3 heteroatoms. The number of aromatic nitrogens is 1. The zero-order chi connectivity index (χ0) is 12.0. The smallest absolute Gasteiger partial charge is 0.0489 e. The molecule has 0 unspecified atom stereocenters. The fourth-order valence-corrected chi connectivity index (χ4v) is 2.95. The summed E-state index contributed by atoms with van der Waals surface area (Å²) >= 11 is 3.58. The van der Waals surface area contributed by atoms with Crippen molar-refractivity contribution in [3.05, 3.63) is 33.4 Å². The van der Waals surface area contributed by atoms with Crippen molar-refractivity contribution >= 4 is 26.8 Å². The van der Waals surface area contributed by atoms with E-state index in [1.807, 2.05) is 0 Å². The lowest BCUT2D eigenvalue weighted by Gasteiger charge is -2.04. The Bertz CT molecular complexity index is 567. The molecule has 0 radical (unpaired) electrons. The maximum atomic E-state index is 3.60. The molecule has 1 aliphatic carbocycles. The van der Waals surface area contributed by atoms with Crippen molar-refractivity contribution in [2.45, 2.75) is 39.3 Å². The lowest BCUT2D eigenvalue weighted by atomic mass is 10.1. The molecule has 0 saturated heterocycles. The summed E-state index contributed by atoms with van der Waals surface area (Å²) in [6.07, 6.45) is 2.67. The van der Waals surface area contributed by atoms with Crippen LogP contribution in [0.1, 0.15) is 29.7 Å². The van der Waals surface area contributed by atoms with Crippen molar-refractivity contribution in [2.24, 2.45) is 0 Å². The topological polar surface area (TPSA) is 27.8 Å². The van der Waals surface area contributed by atoms with Gasteiger partial charge >= 0.3 is 0 Å². The van der Waals surface area contributed by atoms with Gasteiger partial charge in [0.25, 0.3) is 0 Å². The average molecular weight is 293 g/mol. The zero-order valence-corrected chi connectivity index (χ0v) is 11.8. The molecule has 1 heterocycles. The molecule has 2 aromatic rings. The van der Waals surface area contributed by atoms with Gasteiger partial charge in [0.2, 0.25) is 0 Å². The van der Waals surface area contributed by atoms with Crippen molar-refractivity contribution in [1.82, 2.24) is 10.3 Å². The van der Waals surface area contributed by atoms with Crippen LogP contribution in [0.2, 0.25) is 0 Å². The molecule has 1 fully saturated rings. The number of hydrogen-bond acceptors (Lipinski definition) is 1. The Morgan fingerprint density at radius 1 is 1.35 bits per heavy atom. The van der Waals surface area contributed by atoms with Crippen molar-refractivity contribution in [1.29, 1.82) is 0 Å². The Balaban J connectivity index is 2.05. The molecule has 0 atom stereocenters. The predicted octanol–water partition coefficient (Wildman–Crippen LogP) is 3.80. The third kappa shape index (κ3) is 2.14. The number of halogens is 1. The first-order chi connectivity index (χ1) is 8.15. The van der Waals surface area contributed by atoms with Gasteiger partial charge in [-0.3, -0.25) is 0 Å². The average Bonchev–Trinajstić information content (AvgIpc) is 3.02. The van der Waals surface area contributed by atoms with E-state index in [1.54, 1.807) is 0 Å². The van der Waals surface area contributed by atoms with Gasteiger partial charge < -0.3 is 10.3 Å². The van der Waals surface area contributed by atoms with Crippen LogP contribution < -0.4 is 5.32 Å². The standard InChI is InChI=1S/C14H17BrN2/c1-8-5-10(15)6-12-13(7-16-11-3-4-11)9(2)17-14(8)12/h5-6,11,16-17H,3-4,7H2,1-2H3. The van der Waals surface area contributed by atoms with Crippen LogP contribution in [-0.4, -0.2) is 11.0 Å². The van der Waals surface area contributed by atoms with Crippen molar-refractivity contribution < 1.29 is 0 Å². The summed E-state index contributed by atoms with van der Waals surface area (Å²) in [5.74, 6) is 0. The number of aryl methyl sites for hydroxylation is 2. The van der Waals surface area contributed by atoms with Crippen LogP contribution in [0, 0.1) is 13.8 Å². The molecule has 2 N–H and O–H groups in total. The second kappa shape index (κ2) is 4.14. The van der Waals surface area contributed by atoms with Crippen LogP contribution in [0.3, 0.4) is 0 Å². The third-order valence-corrected chi connectivity index (χ3v) is 3.99. The lowest BCUT2D eigenvalue weighted by molar-refractivity contribution is 0.688. The van der Waals surface area contributed by atoms with Crippen LogP contribution in [0.25, 0.3) is 10.9 Å². The Labute approximate surface area is 110 Å². The van der Waals surface area contributed by atoms with Gasteiger partial charge in [-0.25, -0.2) is 0 Å². The van der Waals surface area contributed by atoms with Crippen LogP contribution in [0.5, 0.6) is 0 Å². The first-order valence-electron chi connectivity index (χ1n) is 6.16. The lowest BCUT2D eigenvalue weighted by Crippen LogP contribution is -2.15. The van der Waals surface area contributed by atoms with E-state index in [0.29, 0.717) is 0 Å². The number of benzene rings is 1. The van der Waals surface area contributed by atoms with Gasteiger partial charge in [0.1, 0.15) is 0 Å². The molecule has 0 aliphatic heterocycles. The third-order valence-electron chi connectivity index (χ3n) is 3.54. The Kier molecular flexibility index (Phi) is 2.75. The minimum atomic E-state index is 0.757. The second-order valence-electron chi connectivity index (χ2n) is 5.03. The fraction of sp³-hybridized carbons (Fsp3) is 0.429. The van der Waals surface area contributed by atoms with E-state index in [4.69, 9.17) is 0 Å². The molecule has 17 heavy (non-hydrogen) atoms. The highest BCUT2D eigenvalue weighted by Crippen LogP contribution is 2.29. The molecule has 1 aromatic carbocycles. The zero-order valence-electron chi connectivity index (χ0n) is 10.2. The molecule has 0 amide bonds. The van der Waals surface area contributed by atoms with Gasteiger partial charge in [0.15, 0.2) is 0 Å². The van der Waals surface area contributed by atoms with Crippen LogP contribution >= 0.6 is 15.9 Å². The van der Waals surface area contributed by atoms with E-state index >= 15 is 0 Å². The summed E-state index contributed by atoms with van der Waals surface area (Å²) < 4.78 is 1.16. The van der Waals surface area contributed by atoms with Gasteiger partial charge in [0.05, 0.1) is 0 Å². The molecular weight excluding hydrogens is 276 g/mol. The van der Waals surface area contributed by atoms with Crippen molar-refractivity contribution in [2.75, 3.05) is 0 Å². The first-order valence-corrected chi connectivity index (χ1v) is 6.95. The molecular formula is C14H17BrN2. The minimum Gasteiger partial charge on any atom is -0.358 e. The summed E-state index contributed by atoms with van der Waals surface area (Å²) in [4.78, 5) is 3.51. The Hall–Kier alpha value is -0.800. The largest absolute Gasteiger partial charge is 0.358 e. The molecule has 1 aromatic heterocycles. The highest BCUT2D eigenvalue weighted by atomic mass is 79.9. The normalized spacial score (nSPS) is 15.7. The quantitative estimate of drug-likeness (QED) is 0.885. The number of nitrogens with one attached hydrogen (secondary N) is 2. The van der Waals surface area contributed by atoms with Gasteiger partial charge in [-0.1, -0.05) is 15.9 Å². The minimum absolute atomic E-state index is 0.757. The number of rotatable bonds is 3. The van der Waals surface area contributed by atoms with Crippen LogP contribution in [0.15, 0.2) is 16.6 Å². The van der Waals surface area contributed by atoms with Crippen molar-refractivity contribution in [3.63, 3.8) is 0 Å². The Morgan fingerprint density at radius 2 is 2.12 bits per heavy atom. The van der Waals surface area contributed by atoms with E-state index in [2.05, 4.69) is 52.2 Å². The molecule has 0 bridgehead atoms.